The lowest BCUT2D eigenvalue weighted by Gasteiger charge is -2.11. The molecule has 160 valence electrons. The minimum absolute atomic E-state index is 0.446. The van der Waals surface area contributed by atoms with E-state index in [-0.39, 0.29) is 0 Å². The Balaban J connectivity index is 3.26. The van der Waals surface area contributed by atoms with Crippen LogP contribution in [-0.2, 0) is 0 Å². The minimum Gasteiger partial charge on any atom is -0.328 e. The summed E-state index contributed by atoms with van der Waals surface area (Å²) in [6, 6.07) is 0.446. The first-order valence-electron chi connectivity index (χ1n) is 12.2. The molecule has 27 heavy (non-hydrogen) atoms. The number of hydrogen-bond donors (Lipinski definition) is 1. The zero-order valence-corrected chi connectivity index (χ0v) is 19.1. The smallest absolute Gasteiger partial charge is 0.00388 e. The van der Waals surface area contributed by atoms with Gasteiger partial charge in [-0.2, -0.15) is 0 Å². The van der Waals surface area contributed by atoms with E-state index in [2.05, 4.69) is 45.1 Å². The fourth-order valence-corrected chi connectivity index (χ4v) is 3.50. The molecule has 1 atom stereocenters. The maximum absolute atomic E-state index is 6.26. The van der Waals surface area contributed by atoms with E-state index in [4.69, 9.17) is 5.73 Å². The van der Waals surface area contributed by atoms with Crippen LogP contribution < -0.4 is 5.73 Å². The van der Waals surface area contributed by atoms with Crippen LogP contribution in [0.2, 0.25) is 0 Å². The van der Waals surface area contributed by atoms with Gasteiger partial charge in [0.2, 0.25) is 0 Å². The first-order valence-corrected chi connectivity index (χ1v) is 12.2. The van der Waals surface area contributed by atoms with Crippen molar-refractivity contribution >= 4 is 0 Å². The van der Waals surface area contributed by atoms with E-state index in [1.54, 1.807) is 0 Å². The second-order valence-electron chi connectivity index (χ2n) is 8.81. The Kier molecular flexibility index (Phi) is 21.3. The Hall–Kier alpha value is -0.560. The van der Waals surface area contributed by atoms with Gasteiger partial charge < -0.3 is 5.73 Å². The van der Waals surface area contributed by atoms with Crippen LogP contribution in [0.4, 0.5) is 0 Å². The van der Waals surface area contributed by atoms with Crippen molar-refractivity contribution in [3.8, 4) is 0 Å². The fraction of sp³-hybridized carbons (Fsp3) is 0.846. The normalized spacial score (nSPS) is 13.4. The third kappa shape index (κ3) is 23.4. The molecule has 0 radical (unpaired) electrons. The lowest BCUT2D eigenvalue weighted by atomic mass is 9.99. The molecule has 0 rings (SSSR count). The standard InChI is InChI=1S/C26H51N/c1-4-5-6-7-8-9-10-11-12-13-14-15-16-17-20-23-26(27)24-21-18-19-22-25(2)3/h8-9,11-12,25-26H,4-7,10,13-24,27H2,1-3H3. The maximum atomic E-state index is 6.26. The first-order chi connectivity index (χ1) is 13.2. The molecule has 0 aromatic rings. The van der Waals surface area contributed by atoms with Crippen LogP contribution in [0.15, 0.2) is 24.3 Å². The molecule has 0 heterocycles. The minimum atomic E-state index is 0.446. The summed E-state index contributed by atoms with van der Waals surface area (Å²) in [6.07, 6.45) is 31.7. The van der Waals surface area contributed by atoms with Crippen molar-refractivity contribution in [2.45, 2.75) is 136 Å². The highest BCUT2D eigenvalue weighted by Gasteiger charge is 2.02. The van der Waals surface area contributed by atoms with Crippen LogP contribution in [0.3, 0.4) is 0 Å². The Morgan fingerprint density at radius 1 is 0.593 bits per heavy atom. The third-order valence-electron chi connectivity index (χ3n) is 5.38. The Morgan fingerprint density at radius 3 is 1.67 bits per heavy atom. The molecule has 0 aromatic carbocycles. The molecule has 1 heteroatoms. The van der Waals surface area contributed by atoms with Crippen molar-refractivity contribution in [2.24, 2.45) is 11.7 Å². The molecular weight excluding hydrogens is 326 g/mol. The van der Waals surface area contributed by atoms with E-state index < -0.39 is 0 Å². The molecule has 0 amide bonds. The molecule has 0 spiro atoms. The van der Waals surface area contributed by atoms with Crippen molar-refractivity contribution in [2.75, 3.05) is 0 Å². The van der Waals surface area contributed by atoms with Gasteiger partial charge >= 0.3 is 0 Å². The molecule has 2 N–H and O–H groups in total. The lowest BCUT2D eigenvalue weighted by molar-refractivity contribution is 0.471. The van der Waals surface area contributed by atoms with Gasteiger partial charge in [-0.3, -0.25) is 0 Å². The van der Waals surface area contributed by atoms with Crippen molar-refractivity contribution in [3.63, 3.8) is 0 Å². The van der Waals surface area contributed by atoms with Gasteiger partial charge in [0.25, 0.3) is 0 Å². The number of hydrogen-bond acceptors (Lipinski definition) is 1. The highest BCUT2D eigenvalue weighted by atomic mass is 14.6. The van der Waals surface area contributed by atoms with Crippen molar-refractivity contribution in [1.29, 1.82) is 0 Å². The van der Waals surface area contributed by atoms with Gasteiger partial charge in [-0.1, -0.05) is 109 Å². The van der Waals surface area contributed by atoms with Crippen LogP contribution >= 0.6 is 0 Å². The quantitative estimate of drug-likeness (QED) is 0.166. The molecule has 0 aliphatic rings. The molecular formula is C26H51N. The fourth-order valence-electron chi connectivity index (χ4n) is 3.50. The summed E-state index contributed by atoms with van der Waals surface area (Å²) in [7, 11) is 0. The first kappa shape index (κ1) is 26.4. The largest absolute Gasteiger partial charge is 0.328 e. The second kappa shape index (κ2) is 21.7. The Morgan fingerprint density at radius 2 is 1.07 bits per heavy atom. The van der Waals surface area contributed by atoms with Crippen LogP contribution in [0.5, 0.6) is 0 Å². The van der Waals surface area contributed by atoms with Gasteiger partial charge in [0.15, 0.2) is 0 Å². The molecule has 0 aliphatic carbocycles. The van der Waals surface area contributed by atoms with E-state index in [9.17, 15) is 0 Å². The second-order valence-corrected chi connectivity index (χ2v) is 8.81. The summed E-state index contributed by atoms with van der Waals surface area (Å²) in [6.45, 7) is 6.89. The van der Waals surface area contributed by atoms with E-state index >= 15 is 0 Å². The summed E-state index contributed by atoms with van der Waals surface area (Å²) in [4.78, 5) is 0. The molecule has 0 aliphatic heterocycles. The van der Waals surface area contributed by atoms with Gasteiger partial charge in [-0.15, -0.1) is 0 Å². The predicted octanol–water partition coefficient (Wildman–Crippen LogP) is 8.73. The highest BCUT2D eigenvalue weighted by Crippen LogP contribution is 2.14. The van der Waals surface area contributed by atoms with Gasteiger partial charge in [-0.25, -0.2) is 0 Å². The van der Waals surface area contributed by atoms with E-state index in [0.29, 0.717) is 6.04 Å². The zero-order valence-electron chi connectivity index (χ0n) is 19.1. The molecule has 0 saturated carbocycles. The molecule has 0 bridgehead atoms. The van der Waals surface area contributed by atoms with E-state index in [1.807, 2.05) is 0 Å². The van der Waals surface area contributed by atoms with Crippen molar-refractivity contribution in [3.05, 3.63) is 24.3 Å². The average molecular weight is 378 g/mol. The summed E-state index contributed by atoms with van der Waals surface area (Å²) < 4.78 is 0. The van der Waals surface area contributed by atoms with Crippen LogP contribution in [0, 0.1) is 5.92 Å². The average Bonchev–Trinajstić information content (AvgIpc) is 2.64. The topological polar surface area (TPSA) is 26.0 Å². The third-order valence-corrected chi connectivity index (χ3v) is 5.38. The van der Waals surface area contributed by atoms with Gasteiger partial charge in [0, 0.05) is 6.04 Å². The number of allylic oxidation sites excluding steroid dienone is 4. The summed E-state index contributed by atoms with van der Waals surface area (Å²) in [5, 5.41) is 0. The molecule has 0 saturated heterocycles. The molecule has 0 fully saturated rings. The van der Waals surface area contributed by atoms with Crippen molar-refractivity contribution < 1.29 is 0 Å². The zero-order chi connectivity index (χ0) is 20.0. The number of nitrogens with two attached hydrogens (primary N) is 1. The monoisotopic (exact) mass is 377 g/mol. The Bertz CT molecular complexity index is 329. The summed E-state index contributed by atoms with van der Waals surface area (Å²) in [5.41, 5.74) is 6.26. The van der Waals surface area contributed by atoms with Crippen LogP contribution in [0.1, 0.15) is 130 Å². The van der Waals surface area contributed by atoms with Gasteiger partial charge in [0.05, 0.1) is 0 Å². The van der Waals surface area contributed by atoms with E-state index in [1.165, 1.54) is 103 Å². The summed E-state index contributed by atoms with van der Waals surface area (Å²) in [5.74, 6) is 0.853. The van der Waals surface area contributed by atoms with Crippen molar-refractivity contribution in [1.82, 2.24) is 0 Å². The van der Waals surface area contributed by atoms with Crippen LogP contribution in [0.25, 0.3) is 0 Å². The van der Waals surface area contributed by atoms with E-state index in [0.717, 1.165) is 12.3 Å². The maximum Gasteiger partial charge on any atom is 0.00388 e. The van der Waals surface area contributed by atoms with Gasteiger partial charge in [-0.05, 0) is 50.9 Å². The SMILES string of the molecule is CCCCCC=CCC=CCCCCCCCC(N)CCCCCC(C)C. The highest BCUT2D eigenvalue weighted by molar-refractivity contribution is 4.92. The van der Waals surface area contributed by atoms with Crippen LogP contribution in [-0.4, -0.2) is 6.04 Å². The number of unbranched alkanes of at least 4 members (excludes halogenated alkanes) is 10. The van der Waals surface area contributed by atoms with Gasteiger partial charge in [0.1, 0.15) is 0 Å². The number of rotatable bonds is 20. The Labute approximate surface area is 172 Å². The molecule has 1 nitrogen and oxygen atoms in total. The summed E-state index contributed by atoms with van der Waals surface area (Å²) >= 11 is 0. The predicted molar refractivity (Wildman–Crippen MR) is 125 cm³/mol. The lowest BCUT2D eigenvalue weighted by Crippen LogP contribution is -2.19. The molecule has 0 aromatic heterocycles. The molecule has 1 unspecified atom stereocenters.